The predicted molar refractivity (Wildman–Crippen MR) is 87.0 cm³/mol. The molecule has 0 unspecified atom stereocenters. The zero-order valence-electron chi connectivity index (χ0n) is 12.8. The van der Waals surface area contributed by atoms with Gasteiger partial charge >= 0.3 is 0 Å². The summed E-state index contributed by atoms with van der Waals surface area (Å²) in [6, 6.07) is 6.20. The highest BCUT2D eigenvalue weighted by Gasteiger charge is 2.28. The molecule has 0 aromatic heterocycles. The van der Waals surface area contributed by atoms with Gasteiger partial charge in [-0.25, -0.2) is 0 Å². The van der Waals surface area contributed by atoms with Gasteiger partial charge in [0.2, 0.25) is 0 Å². The zero-order chi connectivity index (χ0) is 15.2. The normalized spacial score (nSPS) is 21.1. The molecule has 1 aliphatic rings. The standard InChI is InChI=1S/C16H25ClN2O2/c1-19(11-13-7-14(20)8-13)16-4-3-12(9-15(16)17)10-18-5-6-21-2/h3-4,9,13-14,18,20H,5-8,10-11H2,1-2H3. The molecule has 0 radical (unpaired) electrons. The van der Waals surface area contributed by atoms with Crippen molar-refractivity contribution in [2.75, 3.05) is 38.8 Å². The fourth-order valence-corrected chi connectivity index (χ4v) is 3.06. The number of methoxy groups -OCH3 is 1. The van der Waals surface area contributed by atoms with E-state index in [2.05, 4.69) is 29.4 Å². The number of hydrogen-bond acceptors (Lipinski definition) is 4. The summed E-state index contributed by atoms with van der Waals surface area (Å²) in [4.78, 5) is 2.18. The molecule has 0 heterocycles. The van der Waals surface area contributed by atoms with Crippen LogP contribution in [0.25, 0.3) is 0 Å². The summed E-state index contributed by atoms with van der Waals surface area (Å²) in [6.07, 6.45) is 1.71. The van der Waals surface area contributed by atoms with E-state index in [0.29, 0.717) is 12.5 Å². The molecule has 5 heteroatoms. The number of hydrogen-bond donors (Lipinski definition) is 2. The van der Waals surface area contributed by atoms with Crippen molar-refractivity contribution < 1.29 is 9.84 Å². The highest BCUT2D eigenvalue weighted by Crippen LogP contribution is 2.31. The molecule has 0 amide bonds. The molecule has 0 aliphatic heterocycles. The van der Waals surface area contributed by atoms with Crippen LogP contribution in [0.4, 0.5) is 5.69 Å². The maximum atomic E-state index is 9.35. The average molecular weight is 313 g/mol. The third-order valence-corrected chi connectivity index (χ3v) is 4.28. The highest BCUT2D eigenvalue weighted by molar-refractivity contribution is 6.33. The van der Waals surface area contributed by atoms with E-state index < -0.39 is 0 Å². The predicted octanol–water partition coefficient (Wildman–Crippen LogP) is 2.28. The number of rotatable bonds is 8. The van der Waals surface area contributed by atoms with Gasteiger partial charge in [-0.1, -0.05) is 17.7 Å². The highest BCUT2D eigenvalue weighted by atomic mass is 35.5. The van der Waals surface area contributed by atoms with Crippen LogP contribution in [0.1, 0.15) is 18.4 Å². The first kappa shape index (κ1) is 16.6. The van der Waals surface area contributed by atoms with Gasteiger partial charge < -0.3 is 20.1 Å². The first-order valence-electron chi connectivity index (χ1n) is 7.47. The lowest BCUT2D eigenvalue weighted by Gasteiger charge is -2.35. The summed E-state index contributed by atoms with van der Waals surface area (Å²) in [6.45, 7) is 3.28. The lowest BCUT2D eigenvalue weighted by atomic mass is 9.82. The van der Waals surface area contributed by atoms with Gasteiger partial charge in [0, 0.05) is 33.8 Å². The summed E-state index contributed by atoms with van der Waals surface area (Å²) in [5.74, 6) is 0.580. The maximum absolute atomic E-state index is 9.35. The Kier molecular flexibility index (Phi) is 6.30. The molecule has 21 heavy (non-hydrogen) atoms. The second-order valence-corrected chi connectivity index (χ2v) is 6.23. The number of anilines is 1. The topological polar surface area (TPSA) is 44.7 Å². The second kappa shape index (κ2) is 7.99. The number of aliphatic hydroxyl groups is 1. The number of benzene rings is 1. The summed E-state index contributed by atoms with van der Waals surface area (Å²) >= 11 is 6.39. The summed E-state index contributed by atoms with van der Waals surface area (Å²) in [7, 11) is 3.76. The number of halogens is 1. The van der Waals surface area contributed by atoms with E-state index >= 15 is 0 Å². The van der Waals surface area contributed by atoms with Gasteiger partial charge in [-0.2, -0.15) is 0 Å². The van der Waals surface area contributed by atoms with Gasteiger partial charge in [-0.3, -0.25) is 0 Å². The molecule has 0 bridgehead atoms. The fourth-order valence-electron chi connectivity index (χ4n) is 2.71. The van der Waals surface area contributed by atoms with Crippen molar-refractivity contribution in [2.24, 2.45) is 5.92 Å². The fraction of sp³-hybridized carbons (Fsp3) is 0.625. The maximum Gasteiger partial charge on any atom is 0.0642 e. The Bertz CT molecular complexity index is 450. The summed E-state index contributed by atoms with van der Waals surface area (Å²) in [5.41, 5.74) is 2.23. The molecule has 1 fully saturated rings. The van der Waals surface area contributed by atoms with E-state index in [1.165, 1.54) is 5.56 Å². The number of ether oxygens (including phenoxy) is 1. The van der Waals surface area contributed by atoms with Gasteiger partial charge in [-0.05, 0) is 36.5 Å². The molecule has 0 spiro atoms. The monoisotopic (exact) mass is 312 g/mol. The van der Waals surface area contributed by atoms with Gasteiger partial charge in [0.25, 0.3) is 0 Å². The van der Waals surface area contributed by atoms with Crippen molar-refractivity contribution in [1.29, 1.82) is 0 Å². The van der Waals surface area contributed by atoms with Gasteiger partial charge in [-0.15, -0.1) is 0 Å². The summed E-state index contributed by atoms with van der Waals surface area (Å²) < 4.78 is 5.00. The van der Waals surface area contributed by atoms with Crippen molar-refractivity contribution in [1.82, 2.24) is 5.32 Å². The van der Waals surface area contributed by atoms with Crippen LogP contribution < -0.4 is 10.2 Å². The molecular formula is C16H25ClN2O2. The molecule has 4 nitrogen and oxygen atoms in total. The number of nitrogens with one attached hydrogen (secondary N) is 1. The van der Waals surface area contributed by atoms with Crippen molar-refractivity contribution in [3.05, 3.63) is 28.8 Å². The third kappa shape index (κ3) is 4.85. The molecule has 1 aromatic carbocycles. The number of aliphatic hydroxyl groups excluding tert-OH is 1. The van der Waals surface area contributed by atoms with E-state index in [0.717, 1.165) is 43.2 Å². The van der Waals surface area contributed by atoms with E-state index in [1.807, 2.05) is 6.07 Å². The van der Waals surface area contributed by atoms with E-state index in [1.54, 1.807) is 7.11 Å². The van der Waals surface area contributed by atoms with Crippen molar-refractivity contribution in [2.45, 2.75) is 25.5 Å². The molecule has 2 rings (SSSR count). The Hall–Kier alpha value is -0.810. The lowest BCUT2D eigenvalue weighted by Crippen LogP contribution is -2.37. The minimum absolute atomic E-state index is 0.0978. The Balaban J connectivity index is 1.85. The van der Waals surface area contributed by atoms with Crippen LogP contribution in [0.3, 0.4) is 0 Å². The van der Waals surface area contributed by atoms with Crippen LogP contribution in [0, 0.1) is 5.92 Å². The summed E-state index contributed by atoms with van der Waals surface area (Å²) in [5, 5.41) is 13.4. The molecule has 2 N–H and O–H groups in total. The molecular weight excluding hydrogens is 288 g/mol. The molecule has 1 aliphatic carbocycles. The Morgan fingerprint density at radius 1 is 1.43 bits per heavy atom. The smallest absolute Gasteiger partial charge is 0.0642 e. The van der Waals surface area contributed by atoms with E-state index in [4.69, 9.17) is 16.3 Å². The molecule has 1 saturated carbocycles. The van der Waals surface area contributed by atoms with Crippen molar-refractivity contribution in [3.8, 4) is 0 Å². The van der Waals surface area contributed by atoms with Crippen LogP contribution in [-0.4, -0.2) is 45.1 Å². The van der Waals surface area contributed by atoms with Gasteiger partial charge in [0.05, 0.1) is 23.4 Å². The second-order valence-electron chi connectivity index (χ2n) is 5.83. The zero-order valence-corrected chi connectivity index (χ0v) is 13.6. The van der Waals surface area contributed by atoms with Crippen LogP contribution >= 0.6 is 11.6 Å². The van der Waals surface area contributed by atoms with E-state index in [9.17, 15) is 5.11 Å². The quantitative estimate of drug-likeness (QED) is 0.723. The van der Waals surface area contributed by atoms with Crippen LogP contribution in [0.2, 0.25) is 5.02 Å². The molecule has 0 atom stereocenters. The van der Waals surface area contributed by atoms with Crippen LogP contribution in [0.5, 0.6) is 0 Å². The largest absolute Gasteiger partial charge is 0.393 e. The van der Waals surface area contributed by atoms with Crippen molar-refractivity contribution in [3.63, 3.8) is 0 Å². The van der Waals surface area contributed by atoms with Gasteiger partial charge in [0.15, 0.2) is 0 Å². The molecule has 1 aromatic rings. The number of nitrogens with zero attached hydrogens (tertiary/aromatic N) is 1. The lowest BCUT2D eigenvalue weighted by molar-refractivity contribution is 0.0465. The van der Waals surface area contributed by atoms with E-state index in [-0.39, 0.29) is 6.10 Å². The first-order valence-corrected chi connectivity index (χ1v) is 7.85. The molecule has 0 saturated heterocycles. The minimum atomic E-state index is -0.0978. The van der Waals surface area contributed by atoms with Crippen LogP contribution in [0.15, 0.2) is 18.2 Å². The Morgan fingerprint density at radius 3 is 2.81 bits per heavy atom. The molecule has 118 valence electrons. The first-order chi connectivity index (χ1) is 10.1. The minimum Gasteiger partial charge on any atom is -0.393 e. The average Bonchev–Trinajstić information content (AvgIpc) is 2.42. The SMILES string of the molecule is COCCNCc1ccc(N(C)CC2CC(O)C2)c(Cl)c1. The third-order valence-electron chi connectivity index (χ3n) is 3.98. The van der Waals surface area contributed by atoms with Gasteiger partial charge in [0.1, 0.15) is 0 Å². The Labute approximate surface area is 132 Å². The Morgan fingerprint density at radius 2 is 2.19 bits per heavy atom. The van der Waals surface area contributed by atoms with Crippen molar-refractivity contribution >= 4 is 17.3 Å². The van der Waals surface area contributed by atoms with Crippen LogP contribution in [-0.2, 0) is 11.3 Å².